The van der Waals surface area contributed by atoms with Crippen LogP contribution in [0.2, 0.25) is 0 Å². The molecule has 0 aliphatic heterocycles. The van der Waals surface area contributed by atoms with Crippen molar-refractivity contribution in [2.45, 2.75) is 4.90 Å². The first-order chi connectivity index (χ1) is 5.56. The molecule has 1 rings (SSSR count). The molecular formula is C6H5BrINO2S. The second kappa shape index (κ2) is 4.03. The number of nitrogens with one attached hydrogen (secondary N) is 1. The van der Waals surface area contributed by atoms with Gasteiger partial charge in [-0.3, -0.25) is 0 Å². The Morgan fingerprint density at radius 2 is 1.75 bits per heavy atom. The Bertz CT molecular complexity index is 362. The topological polar surface area (TPSA) is 46.2 Å². The minimum Gasteiger partial charge on any atom is -0.206 e. The Labute approximate surface area is 93.2 Å². The van der Waals surface area contributed by atoms with Crippen LogP contribution in [0.4, 0.5) is 0 Å². The molecule has 0 aliphatic rings. The molecule has 1 N–H and O–H groups in total. The zero-order chi connectivity index (χ0) is 9.19. The normalized spacial score (nSPS) is 11.5. The van der Waals surface area contributed by atoms with Crippen molar-refractivity contribution in [3.05, 3.63) is 28.7 Å². The molecule has 0 aromatic heterocycles. The summed E-state index contributed by atoms with van der Waals surface area (Å²) in [5.41, 5.74) is 0. The fraction of sp³-hybridized carbons (Fsp3) is 0. The zero-order valence-corrected chi connectivity index (χ0v) is 10.4. The molecule has 3 nitrogen and oxygen atoms in total. The van der Waals surface area contributed by atoms with E-state index in [9.17, 15) is 8.42 Å². The number of sulfonamides is 1. The highest BCUT2D eigenvalue weighted by molar-refractivity contribution is 14.1. The van der Waals surface area contributed by atoms with Crippen LogP contribution < -0.4 is 2.94 Å². The van der Waals surface area contributed by atoms with Crippen LogP contribution in [0.25, 0.3) is 0 Å². The molecule has 0 saturated heterocycles. The maximum absolute atomic E-state index is 11.2. The van der Waals surface area contributed by atoms with E-state index in [-0.39, 0.29) is 4.90 Å². The van der Waals surface area contributed by atoms with E-state index in [0.717, 1.165) is 4.47 Å². The summed E-state index contributed by atoms with van der Waals surface area (Å²) >= 11 is 4.81. The van der Waals surface area contributed by atoms with Gasteiger partial charge in [-0.05, 0) is 24.3 Å². The first-order valence-electron chi connectivity index (χ1n) is 2.94. The molecule has 0 atom stereocenters. The van der Waals surface area contributed by atoms with E-state index in [4.69, 9.17) is 0 Å². The van der Waals surface area contributed by atoms with E-state index in [1.807, 2.05) is 0 Å². The van der Waals surface area contributed by atoms with Crippen molar-refractivity contribution in [2.24, 2.45) is 0 Å². The lowest BCUT2D eigenvalue weighted by atomic mass is 10.4. The molecule has 0 fully saturated rings. The third kappa shape index (κ3) is 2.41. The van der Waals surface area contributed by atoms with Crippen LogP contribution >= 0.6 is 38.8 Å². The van der Waals surface area contributed by atoms with E-state index in [2.05, 4.69) is 18.9 Å². The maximum atomic E-state index is 11.2. The number of benzene rings is 1. The van der Waals surface area contributed by atoms with Crippen molar-refractivity contribution in [3.8, 4) is 0 Å². The number of rotatable bonds is 2. The molecule has 0 aliphatic carbocycles. The van der Waals surface area contributed by atoms with Crippen LogP contribution in [-0.4, -0.2) is 8.42 Å². The van der Waals surface area contributed by atoms with E-state index in [1.54, 1.807) is 35.0 Å². The predicted octanol–water partition coefficient (Wildman–Crippen LogP) is 2.08. The summed E-state index contributed by atoms with van der Waals surface area (Å²) in [7, 11) is -3.30. The van der Waals surface area contributed by atoms with Gasteiger partial charge in [-0.25, -0.2) is 8.42 Å². The van der Waals surface area contributed by atoms with E-state index in [0.29, 0.717) is 0 Å². The molecule has 0 saturated carbocycles. The average Bonchev–Trinajstić information content (AvgIpc) is 2.05. The Kier molecular flexibility index (Phi) is 3.50. The highest BCUT2D eigenvalue weighted by Crippen LogP contribution is 2.14. The molecule has 12 heavy (non-hydrogen) atoms. The lowest BCUT2D eigenvalue weighted by molar-refractivity contribution is 0.596. The van der Waals surface area contributed by atoms with Gasteiger partial charge in [-0.1, -0.05) is 15.9 Å². The van der Waals surface area contributed by atoms with Gasteiger partial charge in [-0.15, -0.1) is 0 Å². The van der Waals surface area contributed by atoms with Gasteiger partial charge >= 0.3 is 0 Å². The highest BCUT2D eigenvalue weighted by Gasteiger charge is 2.10. The monoisotopic (exact) mass is 361 g/mol. The van der Waals surface area contributed by atoms with Gasteiger partial charge in [0.2, 0.25) is 10.0 Å². The summed E-state index contributed by atoms with van der Waals surface area (Å²) in [6.07, 6.45) is 0. The summed E-state index contributed by atoms with van der Waals surface area (Å²) in [5, 5.41) is 0. The lowest BCUT2D eigenvalue weighted by Gasteiger charge is -1.99. The first-order valence-corrected chi connectivity index (χ1v) is 6.30. The van der Waals surface area contributed by atoms with Gasteiger partial charge in [0.15, 0.2) is 0 Å². The summed E-state index contributed by atoms with van der Waals surface area (Å²) in [4.78, 5) is 0.264. The number of halogens is 2. The fourth-order valence-electron chi connectivity index (χ4n) is 0.658. The quantitative estimate of drug-likeness (QED) is 0.647. The third-order valence-corrected chi connectivity index (χ3v) is 4.59. The van der Waals surface area contributed by atoms with Crippen LogP contribution in [-0.2, 0) is 10.0 Å². The SMILES string of the molecule is O=S(=O)(NI)c1ccc(Br)cc1. The molecule has 0 unspecified atom stereocenters. The van der Waals surface area contributed by atoms with Crippen molar-refractivity contribution < 1.29 is 8.42 Å². The Morgan fingerprint density at radius 1 is 1.25 bits per heavy atom. The van der Waals surface area contributed by atoms with Crippen LogP contribution in [0, 0.1) is 0 Å². The summed E-state index contributed by atoms with van der Waals surface area (Å²) in [6.45, 7) is 0. The molecule has 66 valence electrons. The molecular weight excluding hydrogens is 357 g/mol. The third-order valence-electron chi connectivity index (χ3n) is 1.23. The van der Waals surface area contributed by atoms with Gasteiger partial charge in [-0.2, -0.15) is 2.94 Å². The highest BCUT2D eigenvalue weighted by atomic mass is 127. The Hall–Kier alpha value is 0.340. The van der Waals surface area contributed by atoms with Gasteiger partial charge in [0, 0.05) is 27.3 Å². The Morgan fingerprint density at radius 3 is 2.17 bits per heavy atom. The van der Waals surface area contributed by atoms with Crippen LogP contribution in [0.3, 0.4) is 0 Å². The fourth-order valence-corrected chi connectivity index (χ4v) is 2.27. The largest absolute Gasteiger partial charge is 0.249 e. The molecule has 0 spiro atoms. The van der Waals surface area contributed by atoms with E-state index < -0.39 is 10.0 Å². The molecule has 0 bridgehead atoms. The molecule has 0 heterocycles. The smallest absolute Gasteiger partial charge is 0.206 e. The van der Waals surface area contributed by atoms with E-state index in [1.165, 1.54) is 12.1 Å². The standard InChI is InChI=1S/C6H5BrINO2S/c7-5-1-3-6(4-2-5)12(10,11)9-8/h1-4,9H. The van der Waals surface area contributed by atoms with Crippen molar-refractivity contribution in [1.82, 2.24) is 2.94 Å². The minimum atomic E-state index is -3.30. The lowest BCUT2D eigenvalue weighted by Crippen LogP contribution is -2.12. The maximum Gasteiger partial charge on any atom is 0.249 e. The second-order valence-corrected chi connectivity index (χ2v) is 5.90. The van der Waals surface area contributed by atoms with E-state index >= 15 is 0 Å². The number of hydrogen-bond donors (Lipinski definition) is 1. The molecule has 0 amide bonds. The Balaban J connectivity index is 3.14. The first kappa shape index (κ1) is 10.4. The molecule has 0 radical (unpaired) electrons. The zero-order valence-electron chi connectivity index (χ0n) is 5.79. The molecule has 6 heteroatoms. The average molecular weight is 362 g/mol. The van der Waals surface area contributed by atoms with Gasteiger partial charge in [0.1, 0.15) is 0 Å². The van der Waals surface area contributed by atoms with Crippen LogP contribution in [0.5, 0.6) is 0 Å². The molecule has 1 aromatic rings. The van der Waals surface area contributed by atoms with Gasteiger partial charge in [0.25, 0.3) is 0 Å². The van der Waals surface area contributed by atoms with Crippen molar-refractivity contribution in [1.29, 1.82) is 0 Å². The number of hydrogen-bond acceptors (Lipinski definition) is 2. The van der Waals surface area contributed by atoms with Crippen molar-refractivity contribution in [3.63, 3.8) is 0 Å². The summed E-state index contributed by atoms with van der Waals surface area (Å²) in [6, 6.07) is 6.43. The van der Waals surface area contributed by atoms with Crippen molar-refractivity contribution >= 4 is 48.8 Å². The minimum absolute atomic E-state index is 0.264. The summed E-state index contributed by atoms with van der Waals surface area (Å²) in [5.74, 6) is 0. The van der Waals surface area contributed by atoms with Gasteiger partial charge in [0.05, 0.1) is 4.90 Å². The van der Waals surface area contributed by atoms with Crippen LogP contribution in [0.15, 0.2) is 33.6 Å². The van der Waals surface area contributed by atoms with Crippen LogP contribution in [0.1, 0.15) is 0 Å². The summed E-state index contributed by atoms with van der Waals surface area (Å²) < 4.78 is 25.4. The molecule has 1 aromatic carbocycles. The second-order valence-electron chi connectivity index (χ2n) is 2.03. The van der Waals surface area contributed by atoms with Crippen molar-refractivity contribution in [2.75, 3.05) is 0 Å². The van der Waals surface area contributed by atoms with Gasteiger partial charge < -0.3 is 0 Å². The predicted molar refractivity (Wildman–Crippen MR) is 58.5 cm³/mol.